The van der Waals surface area contributed by atoms with Crippen LogP contribution in [-0.4, -0.2) is 21.3 Å². The lowest BCUT2D eigenvalue weighted by atomic mass is 10.1. The minimum absolute atomic E-state index is 0.289. The summed E-state index contributed by atoms with van der Waals surface area (Å²) in [5, 5.41) is 15.7. The summed E-state index contributed by atoms with van der Waals surface area (Å²) >= 11 is 0. The summed E-state index contributed by atoms with van der Waals surface area (Å²) in [6.07, 6.45) is 2.33. The number of carboxylic acids is 1. The molecule has 0 unspecified atom stereocenters. The Labute approximate surface area is 90.0 Å². The van der Waals surface area contributed by atoms with E-state index in [4.69, 9.17) is 5.11 Å². The van der Waals surface area contributed by atoms with Crippen molar-refractivity contribution in [2.24, 2.45) is 0 Å². The molecule has 2 aromatic rings. The van der Waals surface area contributed by atoms with Gasteiger partial charge in [-0.3, -0.25) is 4.79 Å². The van der Waals surface area contributed by atoms with E-state index in [1.54, 1.807) is 24.3 Å². The van der Waals surface area contributed by atoms with Crippen LogP contribution in [0.2, 0.25) is 0 Å². The molecule has 2 rings (SSSR count). The van der Waals surface area contributed by atoms with Crippen molar-refractivity contribution >= 4 is 22.8 Å². The van der Waals surface area contributed by atoms with Crippen molar-refractivity contribution in [3.63, 3.8) is 0 Å². The van der Waals surface area contributed by atoms with Gasteiger partial charge in [-0.1, -0.05) is 18.2 Å². The molecule has 80 valence electrons. The van der Waals surface area contributed by atoms with Gasteiger partial charge in [-0.05, 0) is 12.1 Å². The topological polar surface area (TPSA) is 83.0 Å². The molecule has 0 amide bonds. The number of hydrogen-bond donors (Lipinski definition) is 2. The van der Waals surface area contributed by atoms with E-state index in [1.165, 1.54) is 6.08 Å². The molecular weight excluding hydrogens is 208 g/mol. The standard InChI is InChI=1S/C11H8N2O3/c14-10(15)6-5-9-7-3-1-2-4-8(7)11(16)13-12-9/h1-6H,(H,13,16)(H,14,15)/b6-5+. The van der Waals surface area contributed by atoms with Gasteiger partial charge in [-0.2, -0.15) is 5.10 Å². The number of aromatic nitrogens is 2. The van der Waals surface area contributed by atoms with E-state index in [0.29, 0.717) is 16.5 Å². The van der Waals surface area contributed by atoms with Crippen LogP contribution in [0.3, 0.4) is 0 Å². The number of nitrogens with one attached hydrogen (secondary N) is 1. The predicted molar refractivity (Wildman–Crippen MR) is 59.0 cm³/mol. The molecule has 5 heteroatoms. The Morgan fingerprint density at radius 1 is 1.31 bits per heavy atom. The lowest BCUT2D eigenvalue weighted by Crippen LogP contribution is -2.09. The highest BCUT2D eigenvalue weighted by atomic mass is 16.4. The first-order valence-electron chi connectivity index (χ1n) is 4.57. The van der Waals surface area contributed by atoms with E-state index < -0.39 is 5.97 Å². The number of benzene rings is 1. The summed E-state index contributed by atoms with van der Waals surface area (Å²) in [5.74, 6) is -1.06. The van der Waals surface area contributed by atoms with Gasteiger partial charge in [0.1, 0.15) is 0 Å². The number of aromatic amines is 1. The number of carboxylic acid groups (broad SMARTS) is 1. The number of H-pyrrole nitrogens is 1. The van der Waals surface area contributed by atoms with Crippen molar-refractivity contribution in [3.05, 3.63) is 46.4 Å². The third kappa shape index (κ3) is 1.83. The predicted octanol–water partition coefficient (Wildman–Crippen LogP) is 1.02. The van der Waals surface area contributed by atoms with E-state index >= 15 is 0 Å². The fraction of sp³-hybridized carbons (Fsp3) is 0. The maximum absolute atomic E-state index is 11.4. The Morgan fingerprint density at radius 2 is 2.00 bits per heavy atom. The van der Waals surface area contributed by atoms with Crippen LogP contribution in [0.15, 0.2) is 35.1 Å². The van der Waals surface area contributed by atoms with Crippen LogP contribution in [0.25, 0.3) is 16.8 Å². The van der Waals surface area contributed by atoms with Crippen LogP contribution in [-0.2, 0) is 4.79 Å². The van der Waals surface area contributed by atoms with Gasteiger partial charge in [-0.15, -0.1) is 0 Å². The Kier molecular flexibility index (Phi) is 2.51. The highest BCUT2D eigenvalue weighted by Crippen LogP contribution is 2.13. The average molecular weight is 216 g/mol. The van der Waals surface area contributed by atoms with E-state index in [2.05, 4.69) is 10.2 Å². The lowest BCUT2D eigenvalue weighted by molar-refractivity contribution is -0.131. The van der Waals surface area contributed by atoms with Crippen LogP contribution in [0.4, 0.5) is 0 Å². The molecular formula is C11H8N2O3. The molecule has 0 spiro atoms. The maximum atomic E-state index is 11.4. The molecule has 0 fully saturated rings. The van der Waals surface area contributed by atoms with Gasteiger partial charge in [0.05, 0.1) is 11.1 Å². The van der Waals surface area contributed by atoms with Gasteiger partial charge in [0.25, 0.3) is 5.56 Å². The van der Waals surface area contributed by atoms with E-state index in [1.807, 2.05) is 0 Å². The van der Waals surface area contributed by atoms with E-state index in [9.17, 15) is 9.59 Å². The first kappa shape index (κ1) is 10.1. The lowest BCUT2D eigenvalue weighted by Gasteiger charge is -1.98. The van der Waals surface area contributed by atoms with Gasteiger partial charge >= 0.3 is 5.97 Å². The zero-order valence-electron chi connectivity index (χ0n) is 8.18. The molecule has 0 aliphatic rings. The SMILES string of the molecule is O=C(O)/C=C/c1n[nH]c(=O)c2ccccc12. The van der Waals surface area contributed by atoms with Crippen molar-refractivity contribution < 1.29 is 9.90 Å². The molecule has 2 N–H and O–H groups in total. The number of fused-ring (bicyclic) bond motifs is 1. The first-order valence-corrected chi connectivity index (χ1v) is 4.57. The summed E-state index contributed by atoms with van der Waals surface area (Å²) in [7, 11) is 0. The van der Waals surface area contributed by atoms with Gasteiger partial charge < -0.3 is 5.11 Å². The van der Waals surface area contributed by atoms with Crippen molar-refractivity contribution in [3.8, 4) is 0 Å². The number of aliphatic carboxylic acids is 1. The van der Waals surface area contributed by atoms with Gasteiger partial charge in [0.15, 0.2) is 0 Å². The zero-order valence-corrected chi connectivity index (χ0v) is 8.18. The quantitative estimate of drug-likeness (QED) is 0.734. The smallest absolute Gasteiger partial charge is 0.328 e. The van der Waals surface area contributed by atoms with Crippen molar-refractivity contribution in [1.29, 1.82) is 0 Å². The molecule has 1 heterocycles. The normalized spacial score (nSPS) is 11.0. The summed E-state index contributed by atoms with van der Waals surface area (Å²) in [6, 6.07) is 6.89. The van der Waals surface area contributed by atoms with Crippen LogP contribution in [0.1, 0.15) is 5.69 Å². The van der Waals surface area contributed by atoms with Crippen LogP contribution < -0.4 is 5.56 Å². The summed E-state index contributed by atoms with van der Waals surface area (Å²) < 4.78 is 0. The Hall–Kier alpha value is -2.43. The van der Waals surface area contributed by atoms with Gasteiger partial charge in [-0.25, -0.2) is 9.89 Å². The number of carbonyl (C=O) groups is 1. The summed E-state index contributed by atoms with van der Waals surface area (Å²) in [6.45, 7) is 0. The maximum Gasteiger partial charge on any atom is 0.328 e. The molecule has 0 atom stereocenters. The second kappa shape index (κ2) is 3.98. The highest BCUT2D eigenvalue weighted by Gasteiger charge is 2.02. The van der Waals surface area contributed by atoms with Crippen LogP contribution in [0, 0.1) is 0 Å². The molecule has 0 bridgehead atoms. The van der Waals surface area contributed by atoms with E-state index in [-0.39, 0.29) is 5.56 Å². The molecule has 5 nitrogen and oxygen atoms in total. The van der Waals surface area contributed by atoms with Gasteiger partial charge in [0, 0.05) is 11.5 Å². The van der Waals surface area contributed by atoms with Crippen molar-refractivity contribution in [2.75, 3.05) is 0 Å². The fourth-order valence-corrected chi connectivity index (χ4v) is 1.41. The highest BCUT2D eigenvalue weighted by molar-refractivity contribution is 5.92. The minimum Gasteiger partial charge on any atom is -0.478 e. The molecule has 0 saturated heterocycles. The molecule has 16 heavy (non-hydrogen) atoms. The second-order valence-corrected chi connectivity index (χ2v) is 3.16. The number of hydrogen-bond acceptors (Lipinski definition) is 3. The molecule has 0 saturated carbocycles. The first-order chi connectivity index (χ1) is 7.68. The van der Waals surface area contributed by atoms with Crippen molar-refractivity contribution in [2.45, 2.75) is 0 Å². The monoisotopic (exact) mass is 216 g/mol. The second-order valence-electron chi connectivity index (χ2n) is 3.16. The third-order valence-electron chi connectivity index (χ3n) is 2.11. The Balaban J connectivity index is 2.68. The van der Waals surface area contributed by atoms with Crippen molar-refractivity contribution in [1.82, 2.24) is 10.2 Å². The third-order valence-corrected chi connectivity index (χ3v) is 2.11. The molecule has 1 aromatic carbocycles. The van der Waals surface area contributed by atoms with Crippen LogP contribution in [0.5, 0.6) is 0 Å². The summed E-state index contributed by atoms with van der Waals surface area (Å²) in [5.41, 5.74) is 0.140. The number of nitrogens with zero attached hydrogens (tertiary/aromatic N) is 1. The molecule has 0 aliphatic carbocycles. The summed E-state index contributed by atoms with van der Waals surface area (Å²) in [4.78, 5) is 21.8. The largest absolute Gasteiger partial charge is 0.478 e. The molecule has 1 aromatic heterocycles. The van der Waals surface area contributed by atoms with Gasteiger partial charge in [0.2, 0.25) is 0 Å². The Morgan fingerprint density at radius 3 is 2.69 bits per heavy atom. The Bertz CT molecular complexity index is 628. The molecule has 0 aliphatic heterocycles. The average Bonchev–Trinajstić information content (AvgIpc) is 2.28. The van der Waals surface area contributed by atoms with E-state index in [0.717, 1.165) is 6.08 Å². The zero-order chi connectivity index (χ0) is 11.5. The minimum atomic E-state index is -1.06. The number of rotatable bonds is 2. The fourth-order valence-electron chi connectivity index (χ4n) is 1.41. The van der Waals surface area contributed by atoms with Crippen LogP contribution >= 0.6 is 0 Å². The molecule has 0 radical (unpaired) electrons.